The van der Waals surface area contributed by atoms with Gasteiger partial charge in [0.05, 0.1) is 6.10 Å². The van der Waals surface area contributed by atoms with E-state index in [1.54, 1.807) is 0 Å². The molecule has 20 heavy (non-hydrogen) atoms. The van der Waals surface area contributed by atoms with Crippen molar-refractivity contribution in [1.82, 2.24) is 5.32 Å². The summed E-state index contributed by atoms with van der Waals surface area (Å²) in [5.74, 6) is 1.17. The second kappa shape index (κ2) is 7.80. The Balaban J connectivity index is 1.91. The summed E-state index contributed by atoms with van der Waals surface area (Å²) in [6.07, 6.45) is 5.80. The minimum absolute atomic E-state index is 0.214. The molecule has 0 spiro atoms. The van der Waals surface area contributed by atoms with Gasteiger partial charge in [0.15, 0.2) is 0 Å². The van der Waals surface area contributed by atoms with E-state index in [1.165, 1.54) is 31.2 Å². The Morgan fingerprint density at radius 3 is 2.55 bits per heavy atom. The molecule has 0 aromatic heterocycles. The van der Waals surface area contributed by atoms with E-state index in [9.17, 15) is 5.11 Å². The number of aliphatic hydroxyl groups excluding tert-OH is 1. The van der Waals surface area contributed by atoms with Crippen LogP contribution in [0.3, 0.4) is 0 Å². The fourth-order valence-corrected chi connectivity index (χ4v) is 3.39. The van der Waals surface area contributed by atoms with Crippen LogP contribution in [0, 0.1) is 5.92 Å². The molecule has 0 bridgehead atoms. The molecule has 1 aromatic carbocycles. The van der Waals surface area contributed by atoms with Gasteiger partial charge in [0.25, 0.3) is 0 Å². The Labute approximate surface area is 123 Å². The second-order valence-electron chi connectivity index (χ2n) is 6.60. The molecule has 0 radical (unpaired) electrons. The monoisotopic (exact) mass is 275 g/mol. The van der Waals surface area contributed by atoms with Crippen LogP contribution in [-0.4, -0.2) is 23.8 Å². The first kappa shape index (κ1) is 15.5. The zero-order chi connectivity index (χ0) is 14.4. The average molecular weight is 275 g/mol. The van der Waals surface area contributed by atoms with Gasteiger partial charge in [-0.05, 0) is 36.7 Å². The summed E-state index contributed by atoms with van der Waals surface area (Å²) in [6, 6.07) is 11.4. The van der Waals surface area contributed by atoms with Crippen molar-refractivity contribution in [3.63, 3.8) is 0 Å². The minimum Gasteiger partial charge on any atom is -0.392 e. The maximum Gasteiger partial charge on any atom is 0.0667 e. The molecule has 3 atom stereocenters. The molecule has 1 fully saturated rings. The fraction of sp³-hybridized carbons (Fsp3) is 0.667. The summed E-state index contributed by atoms with van der Waals surface area (Å²) in [5, 5.41) is 13.7. The summed E-state index contributed by atoms with van der Waals surface area (Å²) in [5.41, 5.74) is 1.45. The van der Waals surface area contributed by atoms with E-state index >= 15 is 0 Å². The number of benzene rings is 1. The van der Waals surface area contributed by atoms with Crippen molar-refractivity contribution in [2.75, 3.05) is 6.54 Å². The van der Waals surface area contributed by atoms with E-state index < -0.39 is 0 Å². The first-order valence-corrected chi connectivity index (χ1v) is 8.13. The van der Waals surface area contributed by atoms with Gasteiger partial charge in [-0.25, -0.2) is 0 Å². The van der Waals surface area contributed by atoms with E-state index in [2.05, 4.69) is 49.5 Å². The van der Waals surface area contributed by atoms with E-state index in [-0.39, 0.29) is 6.10 Å². The lowest BCUT2D eigenvalue weighted by atomic mass is 9.80. The Hall–Kier alpha value is -0.860. The van der Waals surface area contributed by atoms with Crippen LogP contribution < -0.4 is 5.32 Å². The normalized spacial score (nSPS) is 24.8. The summed E-state index contributed by atoms with van der Waals surface area (Å²) in [4.78, 5) is 0. The molecule has 1 aromatic rings. The smallest absolute Gasteiger partial charge is 0.0667 e. The molecule has 112 valence electrons. The molecule has 3 unspecified atom stereocenters. The largest absolute Gasteiger partial charge is 0.392 e. The van der Waals surface area contributed by atoms with Gasteiger partial charge < -0.3 is 10.4 Å². The van der Waals surface area contributed by atoms with Gasteiger partial charge >= 0.3 is 0 Å². The molecule has 1 aliphatic carbocycles. The molecule has 2 rings (SSSR count). The Morgan fingerprint density at radius 1 is 1.15 bits per heavy atom. The lowest BCUT2D eigenvalue weighted by Gasteiger charge is -2.33. The van der Waals surface area contributed by atoms with Gasteiger partial charge in [0.2, 0.25) is 0 Å². The zero-order valence-corrected chi connectivity index (χ0v) is 12.9. The van der Waals surface area contributed by atoms with Crippen LogP contribution in [-0.2, 0) is 0 Å². The summed E-state index contributed by atoms with van der Waals surface area (Å²) in [6.45, 7) is 5.05. The van der Waals surface area contributed by atoms with Crippen molar-refractivity contribution in [3.05, 3.63) is 35.9 Å². The van der Waals surface area contributed by atoms with Crippen molar-refractivity contribution in [1.29, 1.82) is 0 Å². The van der Waals surface area contributed by atoms with E-state index in [1.807, 2.05) is 0 Å². The SMILES string of the molecule is CC(C)CC(O)CNC1CCCCC1c1ccccc1. The topological polar surface area (TPSA) is 32.3 Å². The van der Waals surface area contributed by atoms with E-state index in [4.69, 9.17) is 0 Å². The van der Waals surface area contributed by atoms with Gasteiger partial charge in [-0.1, -0.05) is 57.0 Å². The van der Waals surface area contributed by atoms with Crippen LogP contribution in [0.15, 0.2) is 30.3 Å². The third-order valence-electron chi connectivity index (χ3n) is 4.35. The van der Waals surface area contributed by atoms with E-state index in [0.29, 0.717) is 17.9 Å². The molecule has 2 heteroatoms. The molecule has 2 N–H and O–H groups in total. The third kappa shape index (κ3) is 4.60. The van der Waals surface area contributed by atoms with Gasteiger partial charge in [0, 0.05) is 12.6 Å². The third-order valence-corrected chi connectivity index (χ3v) is 4.35. The molecule has 0 heterocycles. The van der Waals surface area contributed by atoms with Crippen LogP contribution in [0.25, 0.3) is 0 Å². The molecule has 1 saturated carbocycles. The fourth-order valence-electron chi connectivity index (χ4n) is 3.39. The van der Waals surface area contributed by atoms with Crippen molar-refractivity contribution in [2.24, 2.45) is 5.92 Å². The summed E-state index contributed by atoms with van der Waals surface area (Å²) < 4.78 is 0. The highest BCUT2D eigenvalue weighted by molar-refractivity contribution is 5.22. The predicted octanol–water partition coefficient (Wildman–Crippen LogP) is 3.71. The standard InChI is InChI=1S/C18H29NO/c1-14(2)12-16(20)13-19-18-11-7-6-10-17(18)15-8-4-3-5-9-15/h3-5,8-9,14,16-20H,6-7,10-13H2,1-2H3. The highest BCUT2D eigenvalue weighted by atomic mass is 16.3. The summed E-state index contributed by atoms with van der Waals surface area (Å²) in [7, 11) is 0. The van der Waals surface area contributed by atoms with Crippen molar-refractivity contribution in [3.8, 4) is 0 Å². The Kier molecular flexibility index (Phi) is 6.06. The van der Waals surface area contributed by atoms with Crippen molar-refractivity contribution < 1.29 is 5.11 Å². The van der Waals surface area contributed by atoms with Gasteiger partial charge in [-0.2, -0.15) is 0 Å². The predicted molar refractivity (Wildman–Crippen MR) is 84.9 cm³/mol. The summed E-state index contributed by atoms with van der Waals surface area (Å²) >= 11 is 0. The number of hydrogen-bond donors (Lipinski definition) is 2. The molecular formula is C18H29NO. The van der Waals surface area contributed by atoms with Gasteiger partial charge in [-0.3, -0.25) is 0 Å². The van der Waals surface area contributed by atoms with Gasteiger partial charge in [-0.15, -0.1) is 0 Å². The lowest BCUT2D eigenvalue weighted by molar-refractivity contribution is 0.137. The van der Waals surface area contributed by atoms with Crippen LogP contribution in [0.2, 0.25) is 0 Å². The number of aliphatic hydroxyl groups is 1. The number of hydrogen-bond acceptors (Lipinski definition) is 2. The Morgan fingerprint density at radius 2 is 1.85 bits per heavy atom. The molecule has 0 amide bonds. The van der Waals surface area contributed by atoms with Crippen LogP contribution in [0.1, 0.15) is 57.4 Å². The molecular weight excluding hydrogens is 246 g/mol. The minimum atomic E-state index is -0.214. The molecule has 1 aliphatic rings. The maximum atomic E-state index is 10.0. The van der Waals surface area contributed by atoms with Crippen molar-refractivity contribution >= 4 is 0 Å². The van der Waals surface area contributed by atoms with Crippen LogP contribution in [0.5, 0.6) is 0 Å². The second-order valence-corrected chi connectivity index (χ2v) is 6.60. The molecule has 0 saturated heterocycles. The van der Waals surface area contributed by atoms with E-state index in [0.717, 1.165) is 13.0 Å². The van der Waals surface area contributed by atoms with Crippen LogP contribution >= 0.6 is 0 Å². The lowest BCUT2D eigenvalue weighted by Crippen LogP contribution is -2.41. The zero-order valence-electron chi connectivity index (χ0n) is 12.9. The van der Waals surface area contributed by atoms with Crippen LogP contribution in [0.4, 0.5) is 0 Å². The number of rotatable bonds is 6. The highest BCUT2D eigenvalue weighted by Crippen LogP contribution is 2.32. The number of nitrogens with one attached hydrogen (secondary N) is 1. The molecule has 2 nitrogen and oxygen atoms in total. The van der Waals surface area contributed by atoms with Gasteiger partial charge in [0.1, 0.15) is 0 Å². The first-order chi connectivity index (χ1) is 9.66. The quantitative estimate of drug-likeness (QED) is 0.829. The maximum absolute atomic E-state index is 10.0. The van der Waals surface area contributed by atoms with Crippen molar-refractivity contribution in [2.45, 2.75) is 64.0 Å². The first-order valence-electron chi connectivity index (χ1n) is 8.13. The average Bonchev–Trinajstić information content (AvgIpc) is 2.46. The highest BCUT2D eigenvalue weighted by Gasteiger charge is 2.26. The molecule has 0 aliphatic heterocycles. The Bertz CT molecular complexity index is 376.